The van der Waals surface area contributed by atoms with Gasteiger partial charge in [0.05, 0.1) is 22.2 Å². The lowest BCUT2D eigenvalue weighted by Crippen LogP contribution is -2.52. The van der Waals surface area contributed by atoms with E-state index in [1.165, 1.54) is 44.2 Å². The van der Waals surface area contributed by atoms with Crippen molar-refractivity contribution in [2.45, 2.75) is 59.3 Å². The molecule has 3 heterocycles. The van der Waals surface area contributed by atoms with E-state index in [1.807, 2.05) is 30.4 Å². The van der Waals surface area contributed by atoms with Gasteiger partial charge in [0.2, 0.25) is 5.91 Å². The van der Waals surface area contributed by atoms with E-state index in [-0.39, 0.29) is 11.7 Å². The molecule has 1 amide bonds. The number of piperazine rings is 1. The van der Waals surface area contributed by atoms with Crippen molar-refractivity contribution in [1.82, 2.24) is 24.6 Å². The quantitative estimate of drug-likeness (QED) is 0.408. The predicted octanol–water partition coefficient (Wildman–Crippen LogP) is 5.30. The van der Waals surface area contributed by atoms with E-state index in [1.54, 1.807) is 12.1 Å². The highest BCUT2D eigenvalue weighted by Crippen LogP contribution is 2.32. The Morgan fingerprint density at radius 3 is 2.38 bits per heavy atom. The van der Waals surface area contributed by atoms with Gasteiger partial charge in [-0.2, -0.15) is 5.10 Å². The number of halogens is 2. The van der Waals surface area contributed by atoms with Crippen molar-refractivity contribution in [1.29, 1.82) is 0 Å². The maximum atomic E-state index is 13.6. The van der Waals surface area contributed by atoms with Crippen molar-refractivity contribution in [3.8, 4) is 5.69 Å². The number of carbonyl (C=O) groups is 1. The zero-order valence-electron chi connectivity index (χ0n) is 22.0. The Labute approximate surface area is 223 Å². The summed E-state index contributed by atoms with van der Waals surface area (Å²) >= 11 is 6.07. The third-order valence-electron chi connectivity index (χ3n) is 7.78. The second-order valence-electron chi connectivity index (χ2n) is 11.1. The summed E-state index contributed by atoms with van der Waals surface area (Å²) in [5.74, 6) is 2.41. The van der Waals surface area contributed by atoms with Crippen LogP contribution < -0.4 is 4.90 Å². The van der Waals surface area contributed by atoms with Crippen molar-refractivity contribution in [2.24, 2.45) is 11.3 Å². The number of hydrogen-bond acceptors (Lipinski definition) is 5. The molecule has 1 aromatic carbocycles. The molecule has 0 atom stereocenters. The molecule has 37 heavy (non-hydrogen) atoms. The molecule has 0 radical (unpaired) electrons. The first-order valence-electron chi connectivity index (χ1n) is 13.4. The number of anilines is 1. The molecule has 0 unspecified atom stereocenters. The second kappa shape index (κ2) is 10.6. The number of benzene rings is 1. The Morgan fingerprint density at radius 2 is 1.73 bits per heavy atom. The number of hydrogen-bond donors (Lipinski definition) is 0. The lowest BCUT2D eigenvalue weighted by Gasteiger charge is -2.38. The van der Waals surface area contributed by atoms with E-state index in [0.717, 1.165) is 40.5 Å². The van der Waals surface area contributed by atoms with Gasteiger partial charge < -0.3 is 9.80 Å². The molecule has 0 N–H and O–H groups in total. The average Bonchev–Trinajstić information content (AvgIpc) is 3.25. The Bertz CT molecular complexity index is 1260. The van der Waals surface area contributed by atoms with Gasteiger partial charge in [-0.3, -0.25) is 4.79 Å². The molecule has 9 heteroatoms. The molecular weight excluding hydrogens is 491 g/mol. The van der Waals surface area contributed by atoms with E-state index in [2.05, 4.69) is 4.90 Å². The number of aromatic nitrogens is 4. The monoisotopic (exact) mass is 526 g/mol. The molecule has 1 saturated carbocycles. The van der Waals surface area contributed by atoms with E-state index in [4.69, 9.17) is 26.7 Å². The van der Waals surface area contributed by atoms with Crippen molar-refractivity contribution >= 4 is 34.4 Å². The van der Waals surface area contributed by atoms with Gasteiger partial charge in [-0.05, 0) is 51.0 Å². The normalized spacial score (nSPS) is 17.5. The van der Waals surface area contributed by atoms with E-state index in [0.29, 0.717) is 38.0 Å². The Kier molecular flexibility index (Phi) is 7.39. The molecule has 1 saturated heterocycles. The summed E-state index contributed by atoms with van der Waals surface area (Å²) < 4.78 is 15.4. The number of carbonyl (C=O) groups excluding carboxylic acids is 1. The lowest BCUT2D eigenvalue weighted by molar-refractivity contribution is -0.139. The predicted molar refractivity (Wildman–Crippen MR) is 145 cm³/mol. The zero-order valence-corrected chi connectivity index (χ0v) is 22.8. The van der Waals surface area contributed by atoms with Crippen molar-refractivity contribution in [3.63, 3.8) is 0 Å². The second-order valence-corrected chi connectivity index (χ2v) is 11.4. The van der Waals surface area contributed by atoms with Gasteiger partial charge in [-0.1, -0.05) is 32.1 Å². The topological polar surface area (TPSA) is 67.2 Å². The van der Waals surface area contributed by atoms with Crippen molar-refractivity contribution in [3.05, 3.63) is 41.6 Å². The highest BCUT2D eigenvalue weighted by Gasteiger charge is 2.34. The molecule has 2 fully saturated rings. The minimum absolute atomic E-state index is 0.0910. The van der Waals surface area contributed by atoms with Crippen LogP contribution in [0, 0.1) is 24.1 Å². The number of aryl methyl sites for hydroxylation is 1. The third-order valence-corrected chi connectivity index (χ3v) is 8.44. The summed E-state index contributed by atoms with van der Waals surface area (Å²) in [5.41, 5.74) is 1.78. The average molecular weight is 527 g/mol. The van der Waals surface area contributed by atoms with Crippen LogP contribution in [0.1, 0.15) is 57.5 Å². The minimum atomic E-state index is -0.577. The Hall–Kier alpha value is -2.74. The van der Waals surface area contributed by atoms with Crippen LogP contribution in [0.5, 0.6) is 0 Å². The number of nitrogens with zero attached hydrogens (tertiary/aromatic N) is 6. The van der Waals surface area contributed by atoms with Crippen LogP contribution in [0.4, 0.5) is 10.2 Å². The van der Waals surface area contributed by atoms with Crippen LogP contribution in [0.15, 0.2) is 24.3 Å². The summed E-state index contributed by atoms with van der Waals surface area (Å²) in [6.07, 6.45) is 7.11. The highest BCUT2D eigenvalue weighted by atomic mass is 35.5. The van der Waals surface area contributed by atoms with Crippen LogP contribution in [0.25, 0.3) is 16.7 Å². The summed E-state index contributed by atoms with van der Waals surface area (Å²) in [7, 11) is 0. The van der Waals surface area contributed by atoms with E-state index >= 15 is 0 Å². The van der Waals surface area contributed by atoms with Crippen LogP contribution in [-0.2, 0) is 11.2 Å². The molecule has 5 rings (SSSR count). The number of alkyl halides is 1. The van der Waals surface area contributed by atoms with Gasteiger partial charge in [0.25, 0.3) is 0 Å². The maximum Gasteiger partial charge on any atom is 0.229 e. The van der Waals surface area contributed by atoms with Gasteiger partial charge in [-0.15, -0.1) is 11.6 Å². The fourth-order valence-corrected chi connectivity index (χ4v) is 5.66. The largest absolute Gasteiger partial charge is 0.352 e. The van der Waals surface area contributed by atoms with Gasteiger partial charge in [0, 0.05) is 38.5 Å². The zero-order chi connectivity index (χ0) is 26.2. The molecule has 3 aromatic rings. The van der Waals surface area contributed by atoms with E-state index in [9.17, 15) is 9.18 Å². The number of amides is 1. The molecular formula is C28H36ClFN6O. The maximum absolute atomic E-state index is 13.6. The fourth-order valence-electron chi connectivity index (χ4n) is 5.54. The fraction of sp³-hybridized carbons (Fsp3) is 0.571. The number of fused-ring (bicyclic) bond motifs is 1. The first kappa shape index (κ1) is 25.9. The van der Waals surface area contributed by atoms with Gasteiger partial charge >= 0.3 is 0 Å². The summed E-state index contributed by atoms with van der Waals surface area (Å²) in [5, 5.41) is 5.72. The highest BCUT2D eigenvalue weighted by molar-refractivity contribution is 6.19. The standard InChI is InChI=1S/C28H36ClFN6O/c1-19-24-25(34-13-15-35(16-14-34)27(37)28(2,3)18-29)31-23(17-20-7-5-4-6-8-20)32-26(24)36(33-19)22-11-9-21(30)10-12-22/h9-12,20H,4-8,13-18H2,1-3H3. The smallest absolute Gasteiger partial charge is 0.229 e. The van der Waals surface area contributed by atoms with Gasteiger partial charge in [0.15, 0.2) is 5.65 Å². The van der Waals surface area contributed by atoms with Crippen molar-refractivity contribution in [2.75, 3.05) is 37.0 Å². The molecule has 2 aromatic heterocycles. The molecule has 0 spiro atoms. The third kappa shape index (κ3) is 5.31. The Morgan fingerprint density at radius 1 is 1.05 bits per heavy atom. The first-order chi connectivity index (χ1) is 17.8. The molecule has 1 aliphatic heterocycles. The lowest BCUT2D eigenvalue weighted by atomic mass is 9.87. The summed E-state index contributed by atoms with van der Waals surface area (Å²) in [4.78, 5) is 27.3. The van der Waals surface area contributed by atoms with Crippen LogP contribution in [-0.4, -0.2) is 62.6 Å². The van der Waals surface area contributed by atoms with Crippen LogP contribution in [0.2, 0.25) is 0 Å². The first-order valence-corrected chi connectivity index (χ1v) is 13.9. The van der Waals surface area contributed by atoms with Crippen molar-refractivity contribution < 1.29 is 9.18 Å². The minimum Gasteiger partial charge on any atom is -0.352 e. The summed E-state index contributed by atoms with van der Waals surface area (Å²) in [6.45, 7) is 8.36. The van der Waals surface area contributed by atoms with E-state index < -0.39 is 5.41 Å². The number of rotatable bonds is 6. The van der Waals surface area contributed by atoms with Crippen LogP contribution >= 0.6 is 11.6 Å². The molecule has 7 nitrogen and oxygen atoms in total. The molecule has 2 aliphatic rings. The molecule has 198 valence electrons. The molecule has 1 aliphatic carbocycles. The van der Waals surface area contributed by atoms with Gasteiger partial charge in [-0.25, -0.2) is 19.0 Å². The van der Waals surface area contributed by atoms with Crippen LogP contribution in [0.3, 0.4) is 0 Å². The Balaban J connectivity index is 1.51. The van der Waals surface area contributed by atoms with Gasteiger partial charge in [0.1, 0.15) is 17.5 Å². The molecule has 0 bridgehead atoms. The summed E-state index contributed by atoms with van der Waals surface area (Å²) in [6, 6.07) is 6.35. The SMILES string of the molecule is Cc1nn(-c2ccc(F)cc2)c2nc(CC3CCCCC3)nc(N3CCN(C(=O)C(C)(C)CCl)CC3)c12.